The van der Waals surface area contributed by atoms with Crippen molar-refractivity contribution < 1.29 is 14.7 Å². The SMILES string of the molecule is O=C(NCc1cccs1)c1cc(NC(=O)C2CC(O)CN2)ccc1Cl. The van der Waals surface area contributed by atoms with Gasteiger partial charge in [0.2, 0.25) is 5.91 Å². The van der Waals surface area contributed by atoms with E-state index in [1.807, 2.05) is 17.5 Å². The maximum atomic E-state index is 12.3. The summed E-state index contributed by atoms with van der Waals surface area (Å²) in [6, 6.07) is 8.18. The molecular weight excluding hydrogens is 362 g/mol. The minimum absolute atomic E-state index is 0.246. The van der Waals surface area contributed by atoms with E-state index < -0.39 is 12.1 Å². The summed E-state index contributed by atoms with van der Waals surface area (Å²) < 4.78 is 0. The van der Waals surface area contributed by atoms with Crippen LogP contribution >= 0.6 is 22.9 Å². The molecule has 0 aliphatic carbocycles. The lowest BCUT2D eigenvalue weighted by molar-refractivity contribution is -0.117. The Morgan fingerprint density at radius 3 is 2.88 bits per heavy atom. The van der Waals surface area contributed by atoms with Crippen molar-refractivity contribution in [1.29, 1.82) is 0 Å². The average molecular weight is 380 g/mol. The molecule has 1 aliphatic heterocycles. The minimum Gasteiger partial charge on any atom is -0.392 e. The molecule has 4 N–H and O–H groups in total. The fourth-order valence-electron chi connectivity index (χ4n) is 2.60. The van der Waals surface area contributed by atoms with Crippen molar-refractivity contribution in [1.82, 2.24) is 10.6 Å². The summed E-state index contributed by atoms with van der Waals surface area (Å²) in [6.45, 7) is 0.822. The Balaban J connectivity index is 1.65. The number of rotatable bonds is 5. The lowest BCUT2D eigenvalue weighted by atomic mass is 10.1. The predicted octanol–water partition coefficient (Wildman–Crippen LogP) is 1.99. The number of benzene rings is 1. The van der Waals surface area contributed by atoms with Gasteiger partial charge >= 0.3 is 0 Å². The summed E-state index contributed by atoms with van der Waals surface area (Å²) in [7, 11) is 0. The van der Waals surface area contributed by atoms with Gasteiger partial charge in [0.25, 0.3) is 5.91 Å². The number of halogens is 1. The van der Waals surface area contributed by atoms with E-state index in [0.29, 0.717) is 35.8 Å². The summed E-state index contributed by atoms with van der Waals surface area (Å²) in [5.74, 6) is -0.548. The molecule has 6 nitrogen and oxygen atoms in total. The van der Waals surface area contributed by atoms with Gasteiger partial charge in [0, 0.05) is 17.1 Å². The maximum absolute atomic E-state index is 12.3. The zero-order valence-corrected chi connectivity index (χ0v) is 14.9. The molecule has 1 fully saturated rings. The largest absolute Gasteiger partial charge is 0.392 e. The third-order valence-electron chi connectivity index (χ3n) is 3.91. The second kappa shape index (κ2) is 7.97. The van der Waals surface area contributed by atoms with Crippen LogP contribution in [-0.4, -0.2) is 35.6 Å². The monoisotopic (exact) mass is 379 g/mol. The number of anilines is 1. The van der Waals surface area contributed by atoms with Gasteiger partial charge in [0.05, 0.1) is 29.3 Å². The Labute approximate surface area is 154 Å². The van der Waals surface area contributed by atoms with Crippen molar-refractivity contribution in [2.75, 3.05) is 11.9 Å². The summed E-state index contributed by atoms with van der Waals surface area (Å²) in [6.07, 6.45) is -0.146. The van der Waals surface area contributed by atoms with Crippen LogP contribution in [0.4, 0.5) is 5.69 Å². The zero-order chi connectivity index (χ0) is 17.8. The first kappa shape index (κ1) is 17.9. The highest BCUT2D eigenvalue weighted by atomic mass is 35.5. The van der Waals surface area contributed by atoms with Gasteiger partial charge in [-0.15, -0.1) is 11.3 Å². The predicted molar refractivity (Wildman–Crippen MR) is 98.0 cm³/mol. The molecule has 2 atom stereocenters. The normalized spacial score (nSPS) is 19.6. The number of nitrogens with one attached hydrogen (secondary N) is 3. The van der Waals surface area contributed by atoms with Crippen LogP contribution in [0, 0.1) is 0 Å². The van der Waals surface area contributed by atoms with E-state index in [4.69, 9.17) is 11.6 Å². The number of amides is 2. The van der Waals surface area contributed by atoms with E-state index in [2.05, 4.69) is 16.0 Å². The third kappa shape index (κ3) is 4.58. The standard InChI is InChI=1S/C17H18ClN3O3S/c18-14-4-3-10(21-17(24)15-7-11(22)8-19-15)6-13(14)16(23)20-9-12-2-1-5-25-12/h1-6,11,15,19,22H,7-9H2,(H,20,23)(H,21,24). The fraction of sp³-hybridized carbons (Fsp3) is 0.294. The smallest absolute Gasteiger partial charge is 0.253 e. The fourth-order valence-corrected chi connectivity index (χ4v) is 3.45. The van der Waals surface area contributed by atoms with E-state index in [1.54, 1.807) is 29.5 Å². The highest BCUT2D eigenvalue weighted by Crippen LogP contribution is 2.21. The van der Waals surface area contributed by atoms with Gasteiger partial charge in [0.1, 0.15) is 0 Å². The van der Waals surface area contributed by atoms with Gasteiger partial charge in [-0.2, -0.15) is 0 Å². The summed E-state index contributed by atoms with van der Waals surface area (Å²) in [5.41, 5.74) is 0.786. The number of β-amino-alcohol motifs (C(OH)–C–C–N with tert-alkyl or cyclic N) is 1. The second-order valence-corrected chi connectivity index (χ2v) is 7.24. The summed E-state index contributed by atoms with van der Waals surface area (Å²) >= 11 is 7.68. The molecule has 0 radical (unpaired) electrons. The quantitative estimate of drug-likeness (QED) is 0.639. The van der Waals surface area contributed by atoms with Crippen molar-refractivity contribution in [3.05, 3.63) is 51.2 Å². The second-order valence-electron chi connectivity index (χ2n) is 5.80. The highest BCUT2D eigenvalue weighted by Gasteiger charge is 2.28. The molecule has 1 aromatic carbocycles. The van der Waals surface area contributed by atoms with E-state index in [9.17, 15) is 14.7 Å². The number of carbonyl (C=O) groups excluding carboxylic acids is 2. The van der Waals surface area contributed by atoms with Crippen molar-refractivity contribution >= 4 is 40.4 Å². The molecule has 2 unspecified atom stereocenters. The first-order valence-corrected chi connectivity index (χ1v) is 9.11. The molecule has 0 saturated carbocycles. The van der Waals surface area contributed by atoms with Gasteiger partial charge in [-0.3, -0.25) is 9.59 Å². The molecule has 132 valence electrons. The van der Waals surface area contributed by atoms with Crippen molar-refractivity contribution in [2.45, 2.75) is 25.1 Å². The van der Waals surface area contributed by atoms with E-state index >= 15 is 0 Å². The third-order valence-corrected chi connectivity index (χ3v) is 5.11. The zero-order valence-electron chi connectivity index (χ0n) is 13.3. The molecule has 8 heteroatoms. The van der Waals surface area contributed by atoms with E-state index in [0.717, 1.165) is 4.88 Å². The van der Waals surface area contributed by atoms with Crippen LogP contribution in [0.2, 0.25) is 5.02 Å². The Hall–Kier alpha value is -1.93. The molecule has 1 aliphatic rings. The number of aliphatic hydroxyl groups is 1. The molecule has 3 rings (SSSR count). The topological polar surface area (TPSA) is 90.5 Å². The van der Waals surface area contributed by atoms with Crippen molar-refractivity contribution in [3.63, 3.8) is 0 Å². The molecule has 2 amide bonds. The van der Waals surface area contributed by atoms with Crippen LogP contribution in [0.1, 0.15) is 21.7 Å². The number of hydrogen-bond acceptors (Lipinski definition) is 5. The van der Waals surface area contributed by atoms with Crippen LogP contribution in [0.25, 0.3) is 0 Å². The highest BCUT2D eigenvalue weighted by molar-refractivity contribution is 7.09. The van der Waals surface area contributed by atoms with E-state index in [1.165, 1.54) is 0 Å². The van der Waals surface area contributed by atoms with Crippen LogP contribution in [-0.2, 0) is 11.3 Å². The molecule has 1 aromatic heterocycles. The van der Waals surface area contributed by atoms with Gasteiger partial charge in [-0.1, -0.05) is 17.7 Å². The van der Waals surface area contributed by atoms with Gasteiger partial charge in [-0.25, -0.2) is 0 Å². The van der Waals surface area contributed by atoms with Crippen LogP contribution in [0.3, 0.4) is 0 Å². The molecule has 0 bridgehead atoms. The first-order chi connectivity index (χ1) is 12.0. The number of aliphatic hydroxyl groups excluding tert-OH is 1. The van der Waals surface area contributed by atoms with Crippen LogP contribution in [0.5, 0.6) is 0 Å². The van der Waals surface area contributed by atoms with E-state index in [-0.39, 0.29) is 11.8 Å². The van der Waals surface area contributed by atoms with Gasteiger partial charge < -0.3 is 21.1 Å². The molecule has 25 heavy (non-hydrogen) atoms. The first-order valence-electron chi connectivity index (χ1n) is 7.85. The van der Waals surface area contributed by atoms with Crippen molar-refractivity contribution in [3.8, 4) is 0 Å². The molecule has 1 saturated heterocycles. The van der Waals surface area contributed by atoms with Crippen LogP contribution < -0.4 is 16.0 Å². The number of carbonyl (C=O) groups is 2. The Bertz CT molecular complexity index is 767. The summed E-state index contributed by atoms with van der Waals surface area (Å²) in [4.78, 5) is 25.6. The maximum Gasteiger partial charge on any atom is 0.253 e. The lowest BCUT2D eigenvalue weighted by Crippen LogP contribution is -2.35. The molecule has 2 heterocycles. The molecule has 2 aromatic rings. The molecular formula is C17H18ClN3O3S. The van der Waals surface area contributed by atoms with Gasteiger partial charge in [-0.05, 0) is 36.1 Å². The number of hydrogen-bond donors (Lipinski definition) is 4. The Morgan fingerprint density at radius 1 is 1.36 bits per heavy atom. The molecule has 0 spiro atoms. The van der Waals surface area contributed by atoms with Crippen LogP contribution in [0.15, 0.2) is 35.7 Å². The average Bonchev–Trinajstić information content (AvgIpc) is 3.26. The Morgan fingerprint density at radius 2 is 2.20 bits per heavy atom. The van der Waals surface area contributed by atoms with Crippen molar-refractivity contribution in [2.24, 2.45) is 0 Å². The Kier molecular flexibility index (Phi) is 5.70. The number of thiophene rings is 1. The minimum atomic E-state index is -0.514. The summed E-state index contributed by atoms with van der Waals surface area (Å²) in [5, 5.41) is 20.3. The lowest BCUT2D eigenvalue weighted by Gasteiger charge is -2.13. The van der Waals surface area contributed by atoms with Gasteiger partial charge in [0.15, 0.2) is 0 Å².